The minimum Gasteiger partial charge on any atom is -0.461 e. The maximum Gasteiger partial charge on any atom is 0.407 e. The SMILES string of the molecule is CC[C@H]1OC(=O)[C@H](C)[C@@H](OC(=O)CCNC(=O)OCc2ccccc2)[C@H](C)[C@@H](O[C@@H]2O[C@H](C)C[C@@H](N3CCOCC3)[C@@H]2N(C)C)[C@@](C)(OC)C[C@@H](C)C(=O)[C@H](C)[C@@H](O)[C@]1(C)O. The second-order valence-electron chi connectivity index (χ2n) is 17.9. The summed E-state index contributed by atoms with van der Waals surface area (Å²) in [6.45, 7) is 16.2. The maximum atomic E-state index is 14.2. The van der Waals surface area contributed by atoms with Crippen LogP contribution in [0, 0.1) is 23.7 Å². The number of nitrogens with one attached hydrogen (secondary N) is 1. The number of alkyl carbamates (subject to hydrolysis) is 1. The van der Waals surface area contributed by atoms with Gasteiger partial charge in [0.2, 0.25) is 0 Å². The summed E-state index contributed by atoms with van der Waals surface area (Å²) >= 11 is 0. The molecule has 3 N–H and O–H groups in total. The fourth-order valence-electron chi connectivity index (χ4n) is 9.38. The monoisotopic (exact) mass is 864 g/mol. The highest BCUT2D eigenvalue weighted by atomic mass is 16.7. The number of carbonyl (C=O) groups is 4. The lowest BCUT2D eigenvalue weighted by atomic mass is 9.74. The van der Waals surface area contributed by atoms with Crippen LogP contribution in [-0.4, -0.2) is 158 Å². The van der Waals surface area contributed by atoms with Crippen molar-refractivity contribution >= 4 is 23.8 Å². The highest BCUT2D eigenvalue weighted by Gasteiger charge is 2.53. The van der Waals surface area contributed by atoms with E-state index in [0.717, 1.165) is 25.1 Å². The molecule has 1 aromatic rings. The first-order chi connectivity index (χ1) is 28.7. The van der Waals surface area contributed by atoms with Gasteiger partial charge in [-0.25, -0.2) is 4.79 Å². The van der Waals surface area contributed by atoms with Gasteiger partial charge in [0.1, 0.15) is 30.2 Å². The van der Waals surface area contributed by atoms with Gasteiger partial charge < -0.3 is 53.6 Å². The molecule has 4 rings (SSSR count). The standard InChI is InChI=1S/C45H73N3O13/c1-12-34-45(8,54)39(51)29(4)37(50)27(2)25-44(7,55-11)40(61-42-36(47(9)10)33(24-28(3)58-42)48-20-22-56-23-21-48)30(5)38(31(6)41(52)59-34)60-35(49)18-19-46-43(53)57-26-32-16-14-13-15-17-32/h13-17,27-31,33-34,36,38-40,42,51,54H,12,18-26H2,1-11H3,(H,46,53)/t27-,28-,29+,30+,31-,33-,34-,36+,38+,39-,40-,42+,44+,45-/m1/s1. The third-order valence-corrected chi connectivity index (χ3v) is 13.0. The van der Waals surface area contributed by atoms with E-state index in [4.69, 9.17) is 33.2 Å². The molecule has 16 heteroatoms. The Morgan fingerprint density at radius 3 is 2.28 bits per heavy atom. The molecule has 346 valence electrons. The zero-order valence-electron chi connectivity index (χ0n) is 38.2. The van der Waals surface area contributed by atoms with E-state index in [2.05, 4.69) is 15.1 Å². The quantitative estimate of drug-likeness (QED) is 0.203. The molecule has 3 saturated heterocycles. The molecule has 0 aromatic heterocycles. The second kappa shape index (κ2) is 22.4. The average Bonchev–Trinajstić information content (AvgIpc) is 3.24. The van der Waals surface area contributed by atoms with Gasteiger partial charge in [-0.05, 0) is 66.6 Å². The molecular weight excluding hydrogens is 791 g/mol. The summed E-state index contributed by atoms with van der Waals surface area (Å²) in [4.78, 5) is 59.1. The molecule has 0 spiro atoms. The second-order valence-corrected chi connectivity index (χ2v) is 17.9. The van der Waals surface area contributed by atoms with Gasteiger partial charge in [0, 0.05) is 50.5 Å². The van der Waals surface area contributed by atoms with Crippen LogP contribution in [-0.2, 0) is 54.1 Å². The number of aliphatic hydroxyl groups is 2. The van der Waals surface area contributed by atoms with Crippen molar-refractivity contribution < 1.29 is 62.5 Å². The molecule has 0 aliphatic carbocycles. The number of amides is 1. The van der Waals surface area contributed by atoms with E-state index < -0.39 is 83.6 Å². The van der Waals surface area contributed by atoms with E-state index in [1.165, 1.54) is 14.0 Å². The van der Waals surface area contributed by atoms with Crippen molar-refractivity contribution in [1.29, 1.82) is 0 Å². The molecule has 3 aliphatic rings. The molecule has 0 saturated carbocycles. The first-order valence-corrected chi connectivity index (χ1v) is 21.9. The molecule has 3 aliphatic heterocycles. The minimum absolute atomic E-state index is 0.0336. The summed E-state index contributed by atoms with van der Waals surface area (Å²) in [5, 5.41) is 25.8. The molecule has 0 radical (unpaired) electrons. The Hall–Kier alpha value is -3.22. The number of ether oxygens (including phenoxy) is 7. The number of rotatable bonds is 12. The number of Topliss-reactive ketones (excluding diaryl/α,β-unsaturated/α-hetero) is 1. The van der Waals surface area contributed by atoms with E-state index in [-0.39, 0.29) is 56.4 Å². The summed E-state index contributed by atoms with van der Waals surface area (Å²) in [6, 6.07) is 8.94. The fraction of sp³-hybridized carbons (Fsp3) is 0.778. The number of methoxy groups -OCH3 is 1. The molecule has 3 fully saturated rings. The van der Waals surface area contributed by atoms with Gasteiger partial charge >= 0.3 is 18.0 Å². The van der Waals surface area contributed by atoms with Crippen molar-refractivity contribution in [1.82, 2.24) is 15.1 Å². The maximum absolute atomic E-state index is 14.2. The third-order valence-electron chi connectivity index (χ3n) is 13.0. The molecule has 16 nitrogen and oxygen atoms in total. The molecule has 0 bridgehead atoms. The van der Waals surface area contributed by atoms with Crippen molar-refractivity contribution in [3.63, 3.8) is 0 Å². The first-order valence-electron chi connectivity index (χ1n) is 21.9. The van der Waals surface area contributed by atoms with Crippen LogP contribution < -0.4 is 5.32 Å². The summed E-state index contributed by atoms with van der Waals surface area (Å²) in [6.07, 6.45) is -6.02. The lowest BCUT2D eigenvalue weighted by molar-refractivity contribution is -0.291. The number of hydrogen-bond acceptors (Lipinski definition) is 15. The van der Waals surface area contributed by atoms with Crippen molar-refractivity contribution in [3.05, 3.63) is 35.9 Å². The van der Waals surface area contributed by atoms with Gasteiger partial charge in [0.25, 0.3) is 0 Å². The Labute approximate surface area is 362 Å². The molecule has 0 unspecified atom stereocenters. The number of esters is 2. The minimum atomic E-state index is -2.01. The van der Waals surface area contributed by atoms with E-state index in [1.54, 1.807) is 34.6 Å². The number of aliphatic hydroxyl groups excluding tert-OH is 1. The zero-order chi connectivity index (χ0) is 45.2. The third kappa shape index (κ3) is 12.7. The number of morpholine rings is 1. The number of benzene rings is 1. The lowest BCUT2D eigenvalue weighted by Gasteiger charge is -2.52. The topological polar surface area (TPSA) is 192 Å². The number of carbonyl (C=O) groups excluding carboxylic acids is 4. The predicted molar refractivity (Wildman–Crippen MR) is 225 cm³/mol. The number of ketones is 1. The van der Waals surface area contributed by atoms with E-state index in [1.807, 2.05) is 58.3 Å². The Morgan fingerprint density at radius 1 is 1.02 bits per heavy atom. The number of hydrogen-bond donors (Lipinski definition) is 3. The summed E-state index contributed by atoms with van der Waals surface area (Å²) in [5.74, 6) is -5.52. The van der Waals surface area contributed by atoms with Crippen LogP contribution >= 0.6 is 0 Å². The van der Waals surface area contributed by atoms with E-state index in [0.29, 0.717) is 13.2 Å². The molecule has 1 aromatic carbocycles. The van der Waals surface area contributed by atoms with Gasteiger partial charge in [-0.3, -0.25) is 19.3 Å². The van der Waals surface area contributed by atoms with Crippen molar-refractivity contribution in [3.8, 4) is 0 Å². The van der Waals surface area contributed by atoms with Gasteiger partial charge in [-0.2, -0.15) is 0 Å². The highest BCUT2D eigenvalue weighted by molar-refractivity contribution is 5.83. The smallest absolute Gasteiger partial charge is 0.407 e. The highest BCUT2D eigenvalue weighted by Crippen LogP contribution is 2.40. The van der Waals surface area contributed by atoms with Gasteiger partial charge in [0.05, 0.1) is 55.5 Å². The van der Waals surface area contributed by atoms with Crippen molar-refractivity contribution in [2.45, 2.75) is 148 Å². The summed E-state index contributed by atoms with van der Waals surface area (Å²) < 4.78 is 43.3. The first kappa shape index (κ1) is 50.4. The van der Waals surface area contributed by atoms with E-state index in [9.17, 15) is 29.4 Å². The van der Waals surface area contributed by atoms with Crippen LogP contribution in [0.4, 0.5) is 4.79 Å². The Morgan fingerprint density at radius 2 is 1.67 bits per heavy atom. The number of cyclic esters (lactones) is 1. The molecule has 61 heavy (non-hydrogen) atoms. The van der Waals surface area contributed by atoms with Crippen LogP contribution in [0.1, 0.15) is 86.6 Å². The zero-order valence-corrected chi connectivity index (χ0v) is 38.2. The molecule has 14 atom stereocenters. The predicted octanol–water partition coefficient (Wildman–Crippen LogP) is 3.72. The van der Waals surface area contributed by atoms with Crippen LogP contribution in [0.5, 0.6) is 0 Å². The van der Waals surface area contributed by atoms with Gasteiger partial charge in [-0.1, -0.05) is 58.0 Å². The van der Waals surface area contributed by atoms with Crippen LogP contribution in [0.2, 0.25) is 0 Å². The normalized spacial score (nSPS) is 37.3. The molecule has 3 heterocycles. The fourth-order valence-corrected chi connectivity index (χ4v) is 9.38. The van der Waals surface area contributed by atoms with Gasteiger partial charge in [0.15, 0.2) is 6.29 Å². The summed E-state index contributed by atoms with van der Waals surface area (Å²) in [5.41, 5.74) is -2.48. The Bertz CT molecular complexity index is 1580. The summed E-state index contributed by atoms with van der Waals surface area (Å²) in [7, 11) is 5.46. The Kier molecular flexibility index (Phi) is 18.5. The lowest BCUT2D eigenvalue weighted by Crippen LogP contribution is -2.65. The van der Waals surface area contributed by atoms with Crippen LogP contribution in [0.3, 0.4) is 0 Å². The average molecular weight is 864 g/mol. The van der Waals surface area contributed by atoms with Crippen molar-refractivity contribution in [2.24, 2.45) is 23.7 Å². The largest absolute Gasteiger partial charge is 0.461 e. The van der Waals surface area contributed by atoms with E-state index >= 15 is 0 Å². The Balaban J connectivity index is 1.73. The molecular formula is C45H73N3O13. The molecule has 1 amide bonds. The van der Waals surface area contributed by atoms with Crippen molar-refractivity contribution in [2.75, 3.05) is 54.1 Å². The van der Waals surface area contributed by atoms with Crippen LogP contribution in [0.15, 0.2) is 30.3 Å². The number of likely N-dealkylation sites (N-methyl/N-ethyl adjacent to an activating group) is 1. The van der Waals surface area contributed by atoms with Crippen LogP contribution in [0.25, 0.3) is 0 Å². The number of nitrogens with zero attached hydrogens (tertiary/aromatic N) is 2. The van der Waals surface area contributed by atoms with Gasteiger partial charge in [-0.15, -0.1) is 0 Å².